The van der Waals surface area contributed by atoms with Crippen LogP contribution in [0.25, 0.3) is 0 Å². The van der Waals surface area contributed by atoms with E-state index in [1.54, 1.807) is 24.3 Å². The highest BCUT2D eigenvalue weighted by Crippen LogP contribution is 2.37. The number of aromatic nitrogens is 3. The highest BCUT2D eigenvalue weighted by atomic mass is 32.2. The lowest BCUT2D eigenvalue weighted by atomic mass is 10.1. The molecule has 2 rings (SSSR count). The third-order valence-corrected chi connectivity index (χ3v) is 4.60. The summed E-state index contributed by atoms with van der Waals surface area (Å²) in [6.45, 7) is 2.09. The molecule has 17 heavy (non-hydrogen) atoms. The minimum absolute atomic E-state index is 0.0908. The van der Waals surface area contributed by atoms with Crippen LogP contribution in [0.4, 0.5) is 0 Å². The van der Waals surface area contributed by atoms with E-state index in [9.17, 15) is 0 Å². The zero-order chi connectivity index (χ0) is 12.1. The van der Waals surface area contributed by atoms with Crippen LogP contribution in [0.2, 0.25) is 0 Å². The largest absolute Gasteiger partial charge is 0.326 e. The predicted molar refractivity (Wildman–Crippen MR) is 71.0 cm³/mol. The van der Waals surface area contributed by atoms with Gasteiger partial charge >= 0.3 is 0 Å². The maximum atomic E-state index is 6.17. The molecular weight excluding hydrogens is 252 g/mol. The van der Waals surface area contributed by atoms with Crippen molar-refractivity contribution in [1.29, 1.82) is 0 Å². The molecule has 0 bridgehead atoms. The molecule has 0 aliphatic heterocycles. The molecule has 0 saturated heterocycles. The van der Waals surface area contributed by atoms with Gasteiger partial charge in [-0.15, -0.1) is 0 Å². The zero-order valence-corrected chi connectivity index (χ0v) is 11.1. The minimum Gasteiger partial charge on any atom is -0.326 e. The van der Waals surface area contributed by atoms with Crippen molar-refractivity contribution in [3.63, 3.8) is 0 Å². The number of pyridine rings is 1. The third-order valence-electron chi connectivity index (χ3n) is 2.44. The number of hydrogen-bond acceptors (Lipinski definition) is 6. The summed E-state index contributed by atoms with van der Waals surface area (Å²) in [5, 5.41) is 0.182. The Labute approximate surface area is 109 Å². The van der Waals surface area contributed by atoms with Crippen molar-refractivity contribution in [1.82, 2.24) is 14.3 Å². The predicted octanol–water partition coefficient (Wildman–Crippen LogP) is 2.50. The molecule has 0 amide bonds. The summed E-state index contributed by atoms with van der Waals surface area (Å²) in [6.07, 6.45) is 6.14. The van der Waals surface area contributed by atoms with E-state index < -0.39 is 0 Å². The Balaban J connectivity index is 2.20. The summed E-state index contributed by atoms with van der Waals surface area (Å²) in [5.74, 6) is 0. The summed E-state index contributed by atoms with van der Waals surface area (Å²) in [5.41, 5.74) is 7.31. The molecule has 0 spiro atoms. The van der Waals surface area contributed by atoms with Gasteiger partial charge in [0.1, 0.15) is 6.33 Å². The smallest absolute Gasteiger partial charge is 0.170 e. The van der Waals surface area contributed by atoms with Gasteiger partial charge in [-0.3, -0.25) is 4.98 Å². The highest BCUT2D eigenvalue weighted by Gasteiger charge is 2.21. The minimum atomic E-state index is 0.0908. The lowest BCUT2D eigenvalue weighted by Gasteiger charge is -2.21. The maximum Gasteiger partial charge on any atom is 0.170 e. The first-order valence-electron chi connectivity index (χ1n) is 5.40. The van der Waals surface area contributed by atoms with Crippen molar-refractivity contribution in [2.75, 3.05) is 0 Å². The number of nitrogens with two attached hydrogens (primary N) is 1. The SMILES string of the molecule is CCC(N)C(Sc1ncns1)c1cccnc1. The van der Waals surface area contributed by atoms with Crippen LogP contribution in [0.1, 0.15) is 24.2 Å². The van der Waals surface area contributed by atoms with Crippen molar-refractivity contribution in [3.8, 4) is 0 Å². The van der Waals surface area contributed by atoms with E-state index in [1.165, 1.54) is 11.5 Å². The van der Waals surface area contributed by atoms with Gasteiger partial charge in [-0.05, 0) is 29.6 Å². The summed E-state index contributed by atoms with van der Waals surface area (Å²) in [7, 11) is 0. The van der Waals surface area contributed by atoms with E-state index >= 15 is 0 Å². The van der Waals surface area contributed by atoms with Crippen LogP contribution in [-0.4, -0.2) is 20.4 Å². The molecule has 4 nitrogen and oxygen atoms in total. The topological polar surface area (TPSA) is 64.7 Å². The zero-order valence-electron chi connectivity index (χ0n) is 9.48. The number of nitrogens with zero attached hydrogens (tertiary/aromatic N) is 3. The molecule has 0 aliphatic rings. The Bertz CT molecular complexity index is 432. The van der Waals surface area contributed by atoms with E-state index in [4.69, 9.17) is 5.73 Å². The van der Waals surface area contributed by atoms with Gasteiger partial charge in [0.25, 0.3) is 0 Å². The monoisotopic (exact) mass is 266 g/mol. The Kier molecular flexibility index (Phi) is 4.47. The molecule has 2 aromatic rings. The molecule has 2 aromatic heterocycles. The van der Waals surface area contributed by atoms with E-state index in [0.717, 1.165) is 16.3 Å². The van der Waals surface area contributed by atoms with Gasteiger partial charge in [0, 0.05) is 18.4 Å². The van der Waals surface area contributed by atoms with Crippen LogP contribution < -0.4 is 5.73 Å². The lowest BCUT2D eigenvalue weighted by molar-refractivity contribution is 0.633. The molecule has 0 aliphatic carbocycles. The van der Waals surface area contributed by atoms with Gasteiger partial charge in [0.05, 0.1) is 5.25 Å². The fourth-order valence-electron chi connectivity index (χ4n) is 1.48. The summed E-state index contributed by atoms with van der Waals surface area (Å²) in [4.78, 5) is 8.34. The van der Waals surface area contributed by atoms with Crippen LogP contribution in [0.3, 0.4) is 0 Å². The molecule has 90 valence electrons. The number of hydrogen-bond donors (Lipinski definition) is 1. The van der Waals surface area contributed by atoms with Gasteiger partial charge in [-0.25, -0.2) is 4.98 Å². The van der Waals surface area contributed by atoms with E-state index in [-0.39, 0.29) is 11.3 Å². The average molecular weight is 266 g/mol. The summed E-state index contributed by atoms with van der Waals surface area (Å²) in [6, 6.07) is 4.08. The first-order chi connectivity index (χ1) is 8.31. The molecule has 2 atom stereocenters. The fraction of sp³-hybridized carbons (Fsp3) is 0.364. The van der Waals surface area contributed by atoms with Crippen LogP contribution in [0.15, 0.2) is 35.2 Å². The molecule has 2 heterocycles. The van der Waals surface area contributed by atoms with Crippen molar-refractivity contribution in [2.45, 2.75) is 29.0 Å². The van der Waals surface area contributed by atoms with Crippen molar-refractivity contribution in [3.05, 3.63) is 36.4 Å². The fourth-order valence-corrected chi connectivity index (χ4v) is 3.34. The van der Waals surface area contributed by atoms with E-state index in [1.807, 2.05) is 12.3 Å². The Hall–Kier alpha value is -0.980. The van der Waals surface area contributed by atoms with Crippen molar-refractivity contribution in [2.24, 2.45) is 5.73 Å². The van der Waals surface area contributed by atoms with Gasteiger partial charge in [-0.2, -0.15) is 4.37 Å². The maximum absolute atomic E-state index is 6.17. The standard InChI is InChI=1S/C11H14N4S2/c1-2-9(12)10(8-4-3-5-13-6-8)16-11-14-7-15-17-11/h3-7,9-10H,2,12H2,1H3. The Morgan fingerprint density at radius 1 is 1.53 bits per heavy atom. The second-order valence-electron chi connectivity index (χ2n) is 3.60. The summed E-state index contributed by atoms with van der Waals surface area (Å²) < 4.78 is 4.95. The molecule has 0 aromatic carbocycles. The van der Waals surface area contributed by atoms with Gasteiger partial charge in [-0.1, -0.05) is 24.8 Å². The molecule has 2 N–H and O–H groups in total. The third kappa shape index (κ3) is 3.24. The summed E-state index contributed by atoms with van der Waals surface area (Å²) >= 11 is 3.06. The van der Waals surface area contributed by atoms with Crippen LogP contribution in [0.5, 0.6) is 0 Å². The van der Waals surface area contributed by atoms with Crippen molar-refractivity contribution >= 4 is 23.3 Å². The molecule has 0 radical (unpaired) electrons. The lowest BCUT2D eigenvalue weighted by Crippen LogP contribution is -2.25. The second-order valence-corrected chi connectivity index (χ2v) is 5.77. The number of rotatable bonds is 5. The van der Waals surface area contributed by atoms with Gasteiger partial charge in [0.15, 0.2) is 4.34 Å². The quantitative estimate of drug-likeness (QED) is 0.842. The van der Waals surface area contributed by atoms with E-state index in [0.29, 0.717) is 0 Å². The molecule has 0 saturated carbocycles. The highest BCUT2D eigenvalue weighted by molar-refractivity contribution is 8.01. The Morgan fingerprint density at radius 3 is 3.00 bits per heavy atom. The van der Waals surface area contributed by atoms with Gasteiger partial charge < -0.3 is 5.73 Å². The molecular formula is C11H14N4S2. The first-order valence-corrected chi connectivity index (χ1v) is 7.05. The molecule has 6 heteroatoms. The molecule has 2 unspecified atom stereocenters. The van der Waals surface area contributed by atoms with Crippen molar-refractivity contribution < 1.29 is 0 Å². The van der Waals surface area contributed by atoms with Crippen LogP contribution >= 0.6 is 23.3 Å². The first kappa shape index (κ1) is 12.5. The number of thioether (sulfide) groups is 1. The van der Waals surface area contributed by atoms with E-state index in [2.05, 4.69) is 27.3 Å². The normalized spacial score (nSPS) is 14.5. The average Bonchev–Trinajstić information content (AvgIpc) is 2.89. The second kappa shape index (κ2) is 6.09. The van der Waals surface area contributed by atoms with Crippen LogP contribution in [-0.2, 0) is 0 Å². The Morgan fingerprint density at radius 2 is 2.41 bits per heavy atom. The van der Waals surface area contributed by atoms with Crippen LogP contribution in [0, 0.1) is 0 Å². The van der Waals surface area contributed by atoms with Gasteiger partial charge in [0.2, 0.25) is 0 Å². The molecule has 0 fully saturated rings.